The second-order valence-corrected chi connectivity index (χ2v) is 11.3. The summed E-state index contributed by atoms with van der Waals surface area (Å²) >= 11 is 4.86. The van der Waals surface area contributed by atoms with Gasteiger partial charge in [0.05, 0.1) is 11.3 Å². The molecule has 5 nitrogen and oxygen atoms in total. The van der Waals surface area contributed by atoms with E-state index >= 15 is 0 Å². The second-order valence-electron chi connectivity index (χ2n) is 8.18. The number of anilines is 1. The summed E-state index contributed by atoms with van der Waals surface area (Å²) in [6, 6.07) is 2.34. The van der Waals surface area contributed by atoms with E-state index < -0.39 is 0 Å². The predicted molar refractivity (Wildman–Crippen MR) is 128 cm³/mol. The molecule has 31 heavy (non-hydrogen) atoms. The minimum absolute atomic E-state index is 0.0774. The van der Waals surface area contributed by atoms with Gasteiger partial charge in [-0.15, -0.1) is 22.7 Å². The van der Waals surface area contributed by atoms with Gasteiger partial charge in [-0.2, -0.15) is 5.26 Å². The van der Waals surface area contributed by atoms with E-state index in [1.165, 1.54) is 46.3 Å². The Morgan fingerprint density at radius 3 is 2.58 bits per heavy atom. The summed E-state index contributed by atoms with van der Waals surface area (Å²) in [4.78, 5) is 25.9. The van der Waals surface area contributed by atoms with Gasteiger partial charge in [-0.1, -0.05) is 18.2 Å². The molecule has 2 aliphatic rings. The van der Waals surface area contributed by atoms with Crippen LogP contribution in [0.4, 0.5) is 5.00 Å². The zero-order chi connectivity index (χ0) is 21.4. The van der Waals surface area contributed by atoms with Crippen molar-refractivity contribution < 1.29 is 4.79 Å². The lowest BCUT2D eigenvalue weighted by atomic mass is 9.97. The third kappa shape index (κ3) is 4.11. The maximum absolute atomic E-state index is 12.8. The molecule has 0 radical (unpaired) electrons. The fraction of sp³-hybridized carbons (Fsp3) is 0.478. The smallest absolute Gasteiger partial charge is 0.235 e. The molecule has 8 heteroatoms. The molecule has 0 spiro atoms. The largest absolute Gasteiger partial charge is 0.316 e. The molecule has 0 unspecified atom stereocenters. The number of amides is 1. The minimum Gasteiger partial charge on any atom is -0.316 e. The molecule has 0 aromatic carbocycles. The van der Waals surface area contributed by atoms with E-state index in [0.717, 1.165) is 70.2 Å². The summed E-state index contributed by atoms with van der Waals surface area (Å²) in [5, 5.41) is 15.5. The summed E-state index contributed by atoms with van der Waals surface area (Å²) in [6.07, 6.45) is 10.1. The second kappa shape index (κ2) is 8.89. The van der Waals surface area contributed by atoms with E-state index in [-0.39, 0.29) is 11.7 Å². The van der Waals surface area contributed by atoms with Crippen LogP contribution in [0.5, 0.6) is 0 Å². The molecule has 0 aliphatic heterocycles. The summed E-state index contributed by atoms with van der Waals surface area (Å²) in [7, 11) is 0. The number of fused-ring (bicyclic) bond motifs is 4. The van der Waals surface area contributed by atoms with Crippen LogP contribution in [0.25, 0.3) is 10.2 Å². The minimum atomic E-state index is -0.0774. The maximum Gasteiger partial charge on any atom is 0.235 e. The number of rotatable bonds is 4. The topological polar surface area (TPSA) is 78.7 Å². The number of aromatic nitrogens is 2. The first-order chi connectivity index (χ1) is 15.1. The highest BCUT2D eigenvalue weighted by Crippen LogP contribution is 2.40. The van der Waals surface area contributed by atoms with Gasteiger partial charge in [0.15, 0.2) is 0 Å². The Morgan fingerprint density at radius 2 is 1.74 bits per heavy atom. The van der Waals surface area contributed by atoms with Gasteiger partial charge in [0.1, 0.15) is 26.8 Å². The standard InChI is InChI=1S/C23H24N4OS3/c1-13-25-22(20-15-8-5-6-10-18(15)31-23(20)26-13)29-12-19(28)27-21-16(11-24)14-7-3-2-4-9-17(14)30-21/h2-10,12H2,1H3,(H,27,28). The molecule has 160 valence electrons. The van der Waals surface area contributed by atoms with Crippen molar-refractivity contribution in [3.8, 4) is 6.07 Å². The van der Waals surface area contributed by atoms with Crippen LogP contribution in [0.15, 0.2) is 5.03 Å². The number of nitrogens with one attached hydrogen (secondary N) is 1. The summed E-state index contributed by atoms with van der Waals surface area (Å²) in [5.41, 5.74) is 3.22. The highest BCUT2D eigenvalue weighted by atomic mass is 32.2. The van der Waals surface area contributed by atoms with E-state index in [1.54, 1.807) is 22.7 Å². The van der Waals surface area contributed by atoms with Crippen molar-refractivity contribution in [3.63, 3.8) is 0 Å². The number of hydrogen-bond acceptors (Lipinski definition) is 7. The van der Waals surface area contributed by atoms with Crippen molar-refractivity contribution in [2.45, 2.75) is 69.7 Å². The first-order valence-electron chi connectivity index (χ1n) is 10.9. The van der Waals surface area contributed by atoms with Crippen molar-refractivity contribution in [2.75, 3.05) is 11.1 Å². The lowest BCUT2D eigenvalue weighted by molar-refractivity contribution is -0.113. The van der Waals surface area contributed by atoms with Gasteiger partial charge in [0.2, 0.25) is 5.91 Å². The van der Waals surface area contributed by atoms with Gasteiger partial charge < -0.3 is 5.32 Å². The van der Waals surface area contributed by atoms with Crippen LogP contribution in [0.1, 0.15) is 64.4 Å². The molecule has 0 bridgehead atoms. The summed E-state index contributed by atoms with van der Waals surface area (Å²) < 4.78 is 0. The normalized spacial score (nSPS) is 15.7. The quantitative estimate of drug-likeness (QED) is 0.297. The zero-order valence-corrected chi connectivity index (χ0v) is 20.0. The lowest BCUT2D eigenvalue weighted by Gasteiger charge is -2.11. The molecule has 1 N–H and O–H groups in total. The molecular weight excluding hydrogens is 444 g/mol. The molecule has 0 saturated carbocycles. The first kappa shape index (κ1) is 20.9. The molecule has 3 aromatic heterocycles. The maximum atomic E-state index is 12.8. The Balaban J connectivity index is 1.35. The monoisotopic (exact) mass is 468 g/mol. The average Bonchev–Trinajstić information content (AvgIpc) is 3.19. The molecule has 0 fully saturated rings. The van der Waals surface area contributed by atoms with Gasteiger partial charge in [-0.05, 0) is 69.4 Å². The van der Waals surface area contributed by atoms with Crippen molar-refractivity contribution in [2.24, 2.45) is 0 Å². The fourth-order valence-electron chi connectivity index (χ4n) is 4.58. The van der Waals surface area contributed by atoms with Crippen LogP contribution < -0.4 is 5.32 Å². The van der Waals surface area contributed by atoms with Crippen LogP contribution in [0.3, 0.4) is 0 Å². The molecule has 2 aliphatic carbocycles. The predicted octanol–water partition coefficient (Wildman–Crippen LogP) is 5.81. The highest BCUT2D eigenvalue weighted by molar-refractivity contribution is 8.00. The zero-order valence-electron chi connectivity index (χ0n) is 17.5. The van der Waals surface area contributed by atoms with Crippen molar-refractivity contribution in [1.82, 2.24) is 9.97 Å². The van der Waals surface area contributed by atoms with E-state index in [1.807, 2.05) is 6.92 Å². The van der Waals surface area contributed by atoms with E-state index in [4.69, 9.17) is 0 Å². The van der Waals surface area contributed by atoms with Crippen molar-refractivity contribution >= 4 is 55.6 Å². The highest BCUT2D eigenvalue weighted by Gasteiger charge is 2.23. The first-order valence-corrected chi connectivity index (χ1v) is 13.5. The molecule has 0 atom stereocenters. The Kier molecular flexibility index (Phi) is 6.00. The van der Waals surface area contributed by atoms with Gasteiger partial charge in [-0.3, -0.25) is 4.79 Å². The number of nitriles is 1. The molecule has 5 rings (SSSR count). The van der Waals surface area contributed by atoms with Crippen LogP contribution in [0, 0.1) is 18.3 Å². The van der Waals surface area contributed by atoms with Crippen LogP contribution in [-0.4, -0.2) is 21.6 Å². The van der Waals surface area contributed by atoms with E-state index in [2.05, 4.69) is 21.4 Å². The summed E-state index contributed by atoms with van der Waals surface area (Å²) in [5.74, 6) is 0.957. The molecular formula is C23H24N4OS3. The fourth-order valence-corrected chi connectivity index (χ4v) is 8.10. The number of carbonyl (C=O) groups excluding carboxylic acids is 1. The Bertz CT molecular complexity index is 1200. The van der Waals surface area contributed by atoms with Crippen LogP contribution in [0.2, 0.25) is 0 Å². The number of nitrogens with zero attached hydrogens (tertiary/aromatic N) is 3. The van der Waals surface area contributed by atoms with Gasteiger partial charge in [-0.25, -0.2) is 9.97 Å². The molecule has 0 saturated heterocycles. The third-order valence-electron chi connectivity index (χ3n) is 6.02. The Morgan fingerprint density at radius 1 is 1.03 bits per heavy atom. The number of aryl methyl sites for hydroxylation is 4. The van der Waals surface area contributed by atoms with E-state index in [9.17, 15) is 10.1 Å². The third-order valence-corrected chi connectivity index (χ3v) is 9.39. The van der Waals surface area contributed by atoms with Crippen molar-refractivity contribution in [3.05, 3.63) is 32.3 Å². The van der Waals surface area contributed by atoms with Crippen LogP contribution >= 0.6 is 34.4 Å². The van der Waals surface area contributed by atoms with Crippen LogP contribution in [-0.2, 0) is 30.5 Å². The van der Waals surface area contributed by atoms with Gasteiger partial charge in [0, 0.05) is 15.1 Å². The molecule has 3 aromatic rings. The van der Waals surface area contributed by atoms with Gasteiger partial charge in [0.25, 0.3) is 0 Å². The Hall–Kier alpha value is -1.95. The Labute approximate surface area is 194 Å². The van der Waals surface area contributed by atoms with Crippen molar-refractivity contribution in [1.29, 1.82) is 5.26 Å². The van der Waals surface area contributed by atoms with Gasteiger partial charge >= 0.3 is 0 Å². The number of thiophene rings is 2. The molecule has 3 heterocycles. The SMILES string of the molecule is Cc1nc(SCC(=O)Nc2sc3c(c2C#N)CCCCC3)c2c3c(sc2n1)CCCC3. The number of hydrogen-bond donors (Lipinski definition) is 1. The summed E-state index contributed by atoms with van der Waals surface area (Å²) in [6.45, 7) is 1.92. The number of thioether (sulfide) groups is 1. The number of carbonyl (C=O) groups is 1. The molecule has 1 amide bonds. The van der Waals surface area contributed by atoms with E-state index in [0.29, 0.717) is 5.56 Å². The lowest BCUT2D eigenvalue weighted by Crippen LogP contribution is -2.14. The average molecular weight is 469 g/mol.